The van der Waals surface area contributed by atoms with Crippen LogP contribution in [0.4, 0.5) is 16.2 Å². The number of barbiturate groups is 1. The number of urea groups is 1. The summed E-state index contributed by atoms with van der Waals surface area (Å²) < 4.78 is 11.5. The summed E-state index contributed by atoms with van der Waals surface area (Å²) in [7, 11) is 1.40. The molecule has 38 heavy (non-hydrogen) atoms. The Morgan fingerprint density at radius 1 is 1.05 bits per heavy atom. The van der Waals surface area contributed by atoms with Crippen LogP contribution in [0.5, 0.6) is 11.5 Å². The first-order valence-corrected chi connectivity index (χ1v) is 12.4. The Morgan fingerprint density at radius 2 is 1.79 bits per heavy atom. The number of hydrogen-bond donors (Lipinski definition) is 2. The number of benzene rings is 3. The third kappa shape index (κ3) is 5.99. The molecule has 1 saturated heterocycles. The van der Waals surface area contributed by atoms with Crippen LogP contribution in [0.15, 0.2) is 70.7 Å². The van der Waals surface area contributed by atoms with Gasteiger partial charge in [0.25, 0.3) is 17.7 Å². The summed E-state index contributed by atoms with van der Waals surface area (Å²) in [6.07, 6.45) is 1.30. The van der Waals surface area contributed by atoms with Crippen LogP contribution in [0.25, 0.3) is 6.08 Å². The molecule has 0 bridgehead atoms. The zero-order valence-corrected chi connectivity index (χ0v) is 22.7. The van der Waals surface area contributed by atoms with E-state index in [4.69, 9.17) is 32.7 Å². The highest BCUT2D eigenvalue weighted by Crippen LogP contribution is 2.38. The number of hydrogen-bond acceptors (Lipinski definition) is 6. The van der Waals surface area contributed by atoms with Gasteiger partial charge in [0.2, 0.25) is 0 Å². The van der Waals surface area contributed by atoms with Crippen LogP contribution in [0.2, 0.25) is 10.0 Å². The molecule has 4 rings (SSSR count). The maximum Gasteiger partial charge on any atom is 0.335 e. The summed E-state index contributed by atoms with van der Waals surface area (Å²) in [5.74, 6) is -1.63. The topological polar surface area (TPSA) is 114 Å². The highest BCUT2D eigenvalue weighted by molar-refractivity contribution is 9.10. The van der Waals surface area contributed by atoms with Crippen molar-refractivity contribution in [2.75, 3.05) is 23.9 Å². The Bertz CT molecular complexity index is 1480. The minimum atomic E-state index is -0.924. The average Bonchev–Trinajstić information content (AvgIpc) is 2.88. The third-order valence-corrected chi connectivity index (χ3v) is 6.56. The van der Waals surface area contributed by atoms with Crippen LogP contribution >= 0.6 is 39.1 Å². The lowest BCUT2D eigenvalue weighted by Crippen LogP contribution is -2.54. The first kappa shape index (κ1) is 27.2. The Hall–Kier alpha value is -3.86. The highest BCUT2D eigenvalue weighted by atomic mass is 79.9. The number of halogens is 3. The molecule has 0 saturated carbocycles. The molecule has 1 aliphatic heterocycles. The number of imide groups is 2. The number of rotatable bonds is 7. The SMILES string of the molecule is COc1cc(/C=C2\C(=O)NC(=O)N(c3ccc(Cl)c(Cl)c3)C2=O)cc(Br)c1OCC(=O)Nc1ccccc1. The van der Waals surface area contributed by atoms with Crippen molar-refractivity contribution < 1.29 is 28.7 Å². The second kappa shape index (κ2) is 11.7. The van der Waals surface area contributed by atoms with E-state index >= 15 is 0 Å². The van der Waals surface area contributed by atoms with E-state index in [1.807, 2.05) is 6.07 Å². The zero-order chi connectivity index (χ0) is 27.4. The molecule has 12 heteroatoms. The van der Waals surface area contributed by atoms with E-state index in [2.05, 4.69) is 26.6 Å². The predicted octanol–water partition coefficient (Wildman–Crippen LogP) is 5.45. The first-order chi connectivity index (χ1) is 18.2. The highest BCUT2D eigenvalue weighted by Gasteiger charge is 2.37. The molecule has 0 unspecified atom stereocenters. The first-order valence-electron chi connectivity index (χ1n) is 10.9. The summed E-state index contributed by atoms with van der Waals surface area (Å²) in [6.45, 7) is -0.300. The molecule has 1 fully saturated rings. The Balaban J connectivity index is 1.58. The zero-order valence-electron chi connectivity index (χ0n) is 19.6. The van der Waals surface area contributed by atoms with Crippen LogP contribution in [0, 0.1) is 0 Å². The number of amides is 5. The minimum Gasteiger partial charge on any atom is -0.493 e. The van der Waals surface area contributed by atoms with Crippen LogP contribution in [0.3, 0.4) is 0 Å². The normalized spacial score (nSPS) is 14.4. The number of nitrogens with zero attached hydrogens (tertiary/aromatic N) is 1. The molecule has 0 atom stereocenters. The number of nitrogens with one attached hydrogen (secondary N) is 2. The Kier molecular flexibility index (Phi) is 8.35. The number of carbonyl (C=O) groups excluding carboxylic acids is 4. The van der Waals surface area contributed by atoms with Crippen molar-refractivity contribution in [2.24, 2.45) is 0 Å². The van der Waals surface area contributed by atoms with E-state index in [9.17, 15) is 19.2 Å². The van der Waals surface area contributed by atoms with Crippen molar-refractivity contribution in [3.63, 3.8) is 0 Å². The molecule has 0 aliphatic carbocycles. The van der Waals surface area contributed by atoms with Crippen molar-refractivity contribution in [2.45, 2.75) is 0 Å². The number of ether oxygens (including phenoxy) is 2. The lowest BCUT2D eigenvalue weighted by atomic mass is 10.1. The van der Waals surface area contributed by atoms with E-state index in [1.165, 1.54) is 37.5 Å². The molecular weight excluding hydrogens is 601 g/mol. The van der Waals surface area contributed by atoms with Gasteiger partial charge in [-0.3, -0.25) is 19.7 Å². The largest absolute Gasteiger partial charge is 0.493 e. The van der Waals surface area contributed by atoms with Gasteiger partial charge in [-0.1, -0.05) is 41.4 Å². The molecule has 9 nitrogen and oxygen atoms in total. The number of para-hydroxylation sites is 1. The number of methoxy groups -OCH3 is 1. The monoisotopic (exact) mass is 617 g/mol. The Morgan fingerprint density at radius 3 is 2.47 bits per heavy atom. The molecule has 3 aromatic carbocycles. The van der Waals surface area contributed by atoms with Gasteiger partial charge < -0.3 is 14.8 Å². The lowest BCUT2D eigenvalue weighted by Gasteiger charge is -2.26. The molecule has 2 N–H and O–H groups in total. The van der Waals surface area contributed by atoms with Gasteiger partial charge in [0.1, 0.15) is 5.57 Å². The predicted molar refractivity (Wildman–Crippen MR) is 147 cm³/mol. The molecule has 3 aromatic rings. The van der Waals surface area contributed by atoms with Crippen molar-refractivity contribution >= 4 is 80.3 Å². The van der Waals surface area contributed by atoms with E-state index in [0.717, 1.165) is 4.90 Å². The quantitative estimate of drug-likeness (QED) is 0.269. The molecule has 194 valence electrons. The maximum atomic E-state index is 13.2. The van der Waals surface area contributed by atoms with Gasteiger partial charge in [-0.2, -0.15) is 0 Å². The van der Waals surface area contributed by atoms with E-state index in [0.29, 0.717) is 15.7 Å². The van der Waals surface area contributed by atoms with Crippen LogP contribution in [-0.4, -0.2) is 37.5 Å². The molecule has 0 radical (unpaired) electrons. The van der Waals surface area contributed by atoms with Gasteiger partial charge in [0, 0.05) is 5.69 Å². The molecular formula is C26H18BrCl2N3O6. The van der Waals surface area contributed by atoms with E-state index < -0.39 is 17.8 Å². The minimum absolute atomic E-state index is 0.133. The standard InChI is InChI=1S/C26H18BrCl2N3O6/c1-37-21-11-14(10-18(27)23(21)38-13-22(33)30-15-5-3-2-4-6-15)9-17-24(34)31-26(36)32(25(17)35)16-7-8-19(28)20(29)12-16/h2-12H,13H2,1H3,(H,30,33)(H,31,34,36)/b17-9+. The fourth-order valence-electron chi connectivity index (χ4n) is 3.50. The second-order valence-corrected chi connectivity index (χ2v) is 9.46. The van der Waals surface area contributed by atoms with Crippen molar-refractivity contribution in [1.29, 1.82) is 0 Å². The summed E-state index contributed by atoms with van der Waals surface area (Å²) in [5, 5.41) is 5.23. The van der Waals surface area contributed by atoms with Crippen molar-refractivity contribution in [3.8, 4) is 11.5 Å². The van der Waals surface area contributed by atoms with Gasteiger partial charge in [-0.15, -0.1) is 0 Å². The van der Waals surface area contributed by atoms with Gasteiger partial charge in [-0.05, 0) is 70.0 Å². The van der Waals surface area contributed by atoms with Gasteiger partial charge in [0.05, 0.1) is 27.3 Å². The van der Waals surface area contributed by atoms with Crippen LogP contribution in [0.1, 0.15) is 5.56 Å². The maximum absolute atomic E-state index is 13.2. The van der Waals surface area contributed by atoms with Gasteiger partial charge in [0.15, 0.2) is 18.1 Å². The third-order valence-electron chi connectivity index (χ3n) is 5.23. The van der Waals surface area contributed by atoms with Crippen molar-refractivity contribution in [1.82, 2.24) is 5.32 Å². The summed E-state index contributed by atoms with van der Waals surface area (Å²) in [5.41, 5.74) is 0.840. The molecule has 1 aliphatic rings. The summed E-state index contributed by atoms with van der Waals surface area (Å²) >= 11 is 15.3. The molecule has 0 spiro atoms. The molecule has 5 amide bonds. The van der Waals surface area contributed by atoms with Crippen LogP contribution in [-0.2, 0) is 14.4 Å². The Labute approximate surface area is 235 Å². The number of anilines is 2. The van der Waals surface area contributed by atoms with Crippen molar-refractivity contribution in [3.05, 3.63) is 86.3 Å². The lowest BCUT2D eigenvalue weighted by molar-refractivity contribution is -0.122. The summed E-state index contributed by atoms with van der Waals surface area (Å²) in [4.78, 5) is 51.2. The fourth-order valence-corrected chi connectivity index (χ4v) is 4.37. The van der Waals surface area contributed by atoms with Gasteiger partial charge in [-0.25, -0.2) is 9.69 Å². The van der Waals surface area contributed by atoms with Gasteiger partial charge >= 0.3 is 6.03 Å². The second-order valence-electron chi connectivity index (χ2n) is 7.79. The van der Waals surface area contributed by atoms with E-state index in [1.54, 1.807) is 30.3 Å². The average molecular weight is 619 g/mol. The van der Waals surface area contributed by atoms with E-state index in [-0.39, 0.29) is 45.3 Å². The molecule has 0 aromatic heterocycles. The summed E-state index contributed by atoms with van der Waals surface area (Å²) in [6, 6.07) is 15.3. The van der Waals surface area contributed by atoms with Crippen LogP contribution < -0.4 is 25.0 Å². The number of carbonyl (C=O) groups is 4. The fraction of sp³-hybridized carbons (Fsp3) is 0.0769. The molecule has 1 heterocycles. The smallest absolute Gasteiger partial charge is 0.335 e.